The van der Waals surface area contributed by atoms with E-state index in [0.29, 0.717) is 5.82 Å². The van der Waals surface area contributed by atoms with Crippen LogP contribution in [0.25, 0.3) is 0 Å². The standard InChI is InChI=1S/C15H15F3N4O/c1-9(2)19-13-8-7-12(21-22-13)14(23)20-11-6-4-3-5-10(11)15(16,17)18/h3-9H,1-2H3,(H,19,22)(H,20,23). The van der Waals surface area contributed by atoms with Crippen LogP contribution in [0.1, 0.15) is 29.9 Å². The fourth-order valence-electron chi connectivity index (χ4n) is 1.85. The number of carbonyl (C=O) groups excluding carboxylic acids is 1. The van der Waals surface area contributed by atoms with Gasteiger partial charge in [-0.15, -0.1) is 10.2 Å². The van der Waals surface area contributed by atoms with Crippen LogP contribution in [-0.4, -0.2) is 22.1 Å². The number of amides is 1. The van der Waals surface area contributed by atoms with E-state index in [0.717, 1.165) is 6.07 Å². The molecule has 0 unspecified atom stereocenters. The maximum Gasteiger partial charge on any atom is 0.418 e. The first-order valence-corrected chi connectivity index (χ1v) is 6.85. The summed E-state index contributed by atoms with van der Waals surface area (Å²) in [6.45, 7) is 3.83. The monoisotopic (exact) mass is 324 g/mol. The average molecular weight is 324 g/mol. The minimum Gasteiger partial charge on any atom is -0.366 e. The van der Waals surface area contributed by atoms with Crippen LogP contribution in [0.15, 0.2) is 36.4 Å². The van der Waals surface area contributed by atoms with Gasteiger partial charge in [0.15, 0.2) is 5.69 Å². The molecule has 0 spiro atoms. The number of halogens is 3. The first-order valence-electron chi connectivity index (χ1n) is 6.85. The largest absolute Gasteiger partial charge is 0.418 e. The van der Waals surface area contributed by atoms with Crippen molar-refractivity contribution in [3.05, 3.63) is 47.7 Å². The summed E-state index contributed by atoms with van der Waals surface area (Å²) in [6.07, 6.45) is -4.55. The zero-order chi connectivity index (χ0) is 17.0. The third-order valence-corrected chi connectivity index (χ3v) is 2.81. The number of alkyl halides is 3. The Morgan fingerprint density at radius 2 is 1.78 bits per heavy atom. The lowest BCUT2D eigenvalue weighted by Gasteiger charge is -2.13. The highest BCUT2D eigenvalue weighted by atomic mass is 19.4. The van der Waals surface area contributed by atoms with E-state index >= 15 is 0 Å². The van der Waals surface area contributed by atoms with E-state index in [1.807, 2.05) is 13.8 Å². The summed E-state index contributed by atoms with van der Waals surface area (Å²) in [5, 5.41) is 12.7. The first kappa shape index (κ1) is 16.7. The number of aromatic nitrogens is 2. The van der Waals surface area contributed by atoms with Crippen molar-refractivity contribution in [2.45, 2.75) is 26.1 Å². The fraction of sp³-hybridized carbons (Fsp3) is 0.267. The summed E-state index contributed by atoms with van der Waals surface area (Å²) in [5.41, 5.74) is -1.31. The van der Waals surface area contributed by atoms with E-state index in [1.165, 1.54) is 30.3 Å². The summed E-state index contributed by atoms with van der Waals surface area (Å²) < 4.78 is 38.7. The Balaban J connectivity index is 2.17. The Hall–Kier alpha value is -2.64. The van der Waals surface area contributed by atoms with E-state index in [4.69, 9.17) is 0 Å². The van der Waals surface area contributed by atoms with Crippen molar-refractivity contribution in [2.24, 2.45) is 0 Å². The van der Waals surface area contributed by atoms with Crippen LogP contribution in [0.3, 0.4) is 0 Å². The van der Waals surface area contributed by atoms with Gasteiger partial charge in [0, 0.05) is 6.04 Å². The van der Waals surface area contributed by atoms with Gasteiger partial charge < -0.3 is 10.6 Å². The number of nitrogens with one attached hydrogen (secondary N) is 2. The third kappa shape index (κ3) is 4.41. The van der Waals surface area contributed by atoms with Gasteiger partial charge in [-0.05, 0) is 38.1 Å². The lowest BCUT2D eigenvalue weighted by molar-refractivity contribution is -0.136. The topological polar surface area (TPSA) is 66.9 Å². The van der Waals surface area contributed by atoms with Gasteiger partial charge in [0.25, 0.3) is 5.91 Å². The molecular weight excluding hydrogens is 309 g/mol. The van der Waals surface area contributed by atoms with Crippen LogP contribution >= 0.6 is 0 Å². The molecule has 0 saturated carbocycles. The molecule has 0 fully saturated rings. The number of hydrogen-bond acceptors (Lipinski definition) is 4. The second-order valence-electron chi connectivity index (χ2n) is 5.10. The summed E-state index contributed by atoms with van der Waals surface area (Å²) in [4.78, 5) is 12.0. The third-order valence-electron chi connectivity index (χ3n) is 2.81. The van der Waals surface area contributed by atoms with E-state index in [1.54, 1.807) is 0 Å². The predicted octanol–water partition coefficient (Wildman–Crippen LogP) is 3.57. The molecule has 0 aliphatic carbocycles. The molecule has 0 aliphatic heterocycles. The zero-order valence-electron chi connectivity index (χ0n) is 12.5. The minimum atomic E-state index is -4.55. The highest BCUT2D eigenvalue weighted by molar-refractivity contribution is 6.03. The lowest BCUT2D eigenvalue weighted by Crippen LogP contribution is -2.18. The molecule has 0 radical (unpaired) electrons. The van der Waals surface area contributed by atoms with Gasteiger partial charge in [-0.25, -0.2) is 0 Å². The van der Waals surface area contributed by atoms with E-state index in [2.05, 4.69) is 20.8 Å². The number of para-hydroxylation sites is 1. The van der Waals surface area contributed by atoms with E-state index in [9.17, 15) is 18.0 Å². The first-order chi connectivity index (χ1) is 10.8. The molecule has 0 saturated heterocycles. The molecule has 8 heteroatoms. The van der Waals surface area contributed by atoms with Gasteiger partial charge in [0.05, 0.1) is 11.3 Å². The highest BCUT2D eigenvalue weighted by Crippen LogP contribution is 2.34. The van der Waals surface area contributed by atoms with Gasteiger partial charge in [-0.1, -0.05) is 12.1 Å². The lowest BCUT2D eigenvalue weighted by atomic mass is 10.1. The van der Waals surface area contributed by atoms with Gasteiger partial charge >= 0.3 is 6.18 Å². The van der Waals surface area contributed by atoms with Crippen molar-refractivity contribution < 1.29 is 18.0 Å². The number of hydrogen-bond donors (Lipinski definition) is 2. The molecule has 1 aromatic carbocycles. The second-order valence-corrected chi connectivity index (χ2v) is 5.10. The smallest absolute Gasteiger partial charge is 0.366 e. The van der Waals surface area contributed by atoms with E-state index in [-0.39, 0.29) is 17.4 Å². The molecule has 2 rings (SSSR count). The van der Waals surface area contributed by atoms with Crippen LogP contribution in [-0.2, 0) is 6.18 Å². The summed E-state index contributed by atoms with van der Waals surface area (Å²) in [6, 6.07) is 7.82. The van der Waals surface area contributed by atoms with Crippen LogP contribution in [0.4, 0.5) is 24.7 Å². The molecule has 2 N–H and O–H groups in total. The number of benzene rings is 1. The predicted molar refractivity (Wildman–Crippen MR) is 80.2 cm³/mol. The normalized spacial score (nSPS) is 11.4. The molecule has 5 nitrogen and oxygen atoms in total. The van der Waals surface area contributed by atoms with Gasteiger partial charge in [0.1, 0.15) is 5.82 Å². The van der Waals surface area contributed by atoms with Crippen molar-refractivity contribution in [1.82, 2.24) is 10.2 Å². The molecule has 1 aromatic heterocycles. The minimum absolute atomic E-state index is 0.0729. The average Bonchev–Trinajstić information content (AvgIpc) is 2.46. The number of anilines is 2. The molecule has 1 amide bonds. The quantitative estimate of drug-likeness (QED) is 0.902. The second kappa shape index (κ2) is 6.64. The fourth-order valence-corrected chi connectivity index (χ4v) is 1.85. The SMILES string of the molecule is CC(C)Nc1ccc(C(=O)Nc2ccccc2C(F)(F)F)nn1. The molecule has 2 aromatic rings. The van der Waals surface area contributed by atoms with Crippen LogP contribution < -0.4 is 10.6 Å². The van der Waals surface area contributed by atoms with Crippen molar-refractivity contribution in [1.29, 1.82) is 0 Å². The maximum absolute atomic E-state index is 12.9. The molecule has 23 heavy (non-hydrogen) atoms. The molecule has 1 heterocycles. The maximum atomic E-state index is 12.9. The van der Waals surface area contributed by atoms with Crippen molar-refractivity contribution >= 4 is 17.4 Å². The van der Waals surface area contributed by atoms with Gasteiger partial charge in [-0.3, -0.25) is 4.79 Å². The Morgan fingerprint density at radius 1 is 1.09 bits per heavy atom. The Kier molecular flexibility index (Phi) is 4.83. The van der Waals surface area contributed by atoms with Gasteiger partial charge in [-0.2, -0.15) is 13.2 Å². The molecule has 0 bridgehead atoms. The summed E-state index contributed by atoms with van der Waals surface area (Å²) >= 11 is 0. The van der Waals surface area contributed by atoms with Crippen molar-refractivity contribution in [3.8, 4) is 0 Å². The molecule has 122 valence electrons. The number of nitrogens with zero attached hydrogens (tertiary/aromatic N) is 2. The highest BCUT2D eigenvalue weighted by Gasteiger charge is 2.33. The number of rotatable bonds is 4. The Labute approximate surface area is 130 Å². The summed E-state index contributed by atoms with van der Waals surface area (Å²) in [5.74, 6) is -0.280. The van der Waals surface area contributed by atoms with Crippen LogP contribution in [0.5, 0.6) is 0 Å². The van der Waals surface area contributed by atoms with Crippen molar-refractivity contribution in [3.63, 3.8) is 0 Å². The van der Waals surface area contributed by atoms with Crippen LogP contribution in [0, 0.1) is 0 Å². The Bertz CT molecular complexity index is 684. The molecular formula is C15H15F3N4O. The zero-order valence-corrected chi connectivity index (χ0v) is 12.5. The molecule has 0 aliphatic rings. The van der Waals surface area contributed by atoms with Crippen LogP contribution in [0.2, 0.25) is 0 Å². The summed E-state index contributed by atoms with van der Waals surface area (Å²) in [7, 11) is 0. The van der Waals surface area contributed by atoms with Gasteiger partial charge in [0.2, 0.25) is 0 Å². The van der Waals surface area contributed by atoms with E-state index < -0.39 is 17.6 Å². The Morgan fingerprint density at radius 3 is 2.35 bits per heavy atom. The van der Waals surface area contributed by atoms with Crippen molar-refractivity contribution in [2.75, 3.05) is 10.6 Å². The number of carbonyl (C=O) groups is 1. The molecule has 0 atom stereocenters.